The summed E-state index contributed by atoms with van der Waals surface area (Å²) >= 11 is 0. The van der Waals surface area contributed by atoms with Crippen LogP contribution in [0.25, 0.3) is 0 Å². The molecule has 4 amide bonds. The summed E-state index contributed by atoms with van der Waals surface area (Å²) in [6, 6.07) is -2.26. The lowest BCUT2D eigenvalue weighted by Gasteiger charge is -2.43. The number of ether oxygens (including phenoxy) is 1. The third-order valence-corrected chi connectivity index (χ3v) is 2.68. The van der Waals surface area contributed by atoms with Crippen LogP contribution in [0.15, 0.2) is 0 Å². The van der Waals surface area contributed by atoms with Gasteiger partial charge in [0.15, 0.2) is 0 Å². The normalized spacial score (nSPS) is 21.3. The average Bonchev–Trinajstić information content (AvgIpc) is 2.31. The molecule has 0 saturated carbocycles. The summed E-state index contributed by atoms with van der Waals surface area (Å²) in [5.74, 6) is -1.83. The molecule has 1 aliphatic heterocycles. The number of hydrogen-bond donors (Lipinski definition) is 3. The quantitative estimate of drug-likeness (QED) is 0.625. The Bertz CT molecular complexity index is 470. The molecule has 9 nitrogen and oxygen atoms in total. The van der Waals surface area contributed by atoms with Crippen LogP contribution < -0.4 is 10.6 Å². The molecule has 1 aliphatic rings. The summed E-state index contributed by atoms with van der Waals surface area (Å²) in [7, 11) is 0. The average molecular weight is 301 g/mol. The predicted octanol–water partition coefficient (Wildman–Crippen LogP) is -0.0954. The maximum atomic E-state index is 11.8. The number of imide groups is 1. The van der Waals surface area contributed by atoms with Crippen LogP contribution >= 0.6 is 0 Å². The fraction of sp³-hybridized carbons (Fsp3) is 0.667. The van der Waals surface area contributed by atoms with Crippen molar-refractivity contribution in [2.45, 2.75) is 45.4 Å². The molecule has 0 spiro atoms. The number of alkyl carbamates (subject to hydrolysis) is 1. The Morgan fingerprint density at radius 1 is 1.33 bits per heavy atom. The summed E-state index contributed by atoms with van der Waals surface area (Å²) in [6.45, 7) is 6.03. The first kappa shape index (κ1) is 16.7. The fourth-order valence-corrected chi connectivity index (χ4v) is 1.76. The number of nitrogens with zero attached hydrogens (tertiary/aromatic N) is 1. The van der Waals surface area contributed by atoms with E-state index in [-0.39, 0.29) is 0 Å². The van der Waals surface area contributed by atoms with Crippen molar-refractivity contribution >= 4 is 24.0 Å². The van der Waals surface area contributed by atoms with E-state index in [1.54, 1.807) is 27.7 Å². The molecule has 0 bridgehead atoms. The Morgan fingerprint density at radius 2 is 1.90 bits per heavy atom. The van der Waals surface area contributed by atoms with Gasteiger partial charge in [-0.3, -0.25) is 14.5 Å². The minimum atomic E-state index is -1.22. The SMILES string of the molecule is CC1C(NC(=O)OC(C)(C)C)C(=O)N1C(=O)NCC(=O)O. The van der Waals surface area contributed by atoms with Crippen LogP contribution in [0.4, 0.5) is 9.59 Å². The maximum absolute atomic E-state index is 11.8. The van der Waals surface area contributed by atoms with E-state index < -0.39 is 48.2 Å². The van der Waals surface area contributed by atoms with Gasteiger partial charge in [0.05, 0.1) is 6.04 Å². The van der Waals surface area contributed by atoms with Gasteiger partial charge >= 0.3 is 18.1 Å². The van der Waals surface area contributed by atoms with Gasteiger partial charge in [0.25, 0.3) is 5.91 Å². The van der Waals surface area contributed by atoms with Gasteiger partial charge in [-0.1, -0.05) is 0 Å². The first-order valence-corrected chi connectivity index (χ1v) is 6.35. The third-order valence-electron chi connectivity index (χ3n) is 2.68. The number of rotatable bonds is 3. The van der Waals surface area contributed by atoms with E-state index in [4.69, 9.17) is 9.84 Å². The summed E-state index contributed by atoms with van der Waals surface area (Å²) < 4.78 is 5.02. The molecule has 3 N–H and O–H groups in total. The van der Waals surface area contributed by atoms with E-state index >= 15 is 0 Å². The zero-order valence-corrected chi connectivity index (χ0v) is 12.3. The smallest absolute Gasteiger partial charge is 0.408 e. The minimum Gasteiger partial charge on any atom is -0.480 e. The number of aliphatic carboxylic acids is 1. The molecule has 0 aromatic carbocycles. The molecular formula is C12H19N3O6. The Labute approximate surface area is 121 Å². The van der Waals surface area contributed by atoms with Crippen LogP contribution in [0, 0.1) is 0 Å². The molecule has 2 atom stereocenters. The van der Waals surface area contributed by atoms with Crippen LogP contribution in [0.1, 0.15) is 27.7 Å². The number of carboxylic acids is 1. The predicted molar refractivity (Wildman–Crippen MR) is 70.5 cm³/mol. The van der Waals surface area contributed by atoms with E-state index in [0.717, 1.165) is 4.90 Å². The van der Waals surface area contributed by atoms with Crippen molar-refractivity contribution < 1.29 is 29.0 Å². The summed E-state index contributed by atoms with van der Waals surface area (Å²) in [5, 5.41) is 12.9. The molecule has 9 heteroatoms. The number of urea groups is 1. The molecule has 0 aromatic rings. The third kappa shape index (κ3) is 4.33. The van der Waals surface area contributed by atoms with Crippen LogP contribution in [0.5, 0.6) is 0 Å². The molecular weight excluding hydrogens is 282 g/mol. The van der Waals surface area contributed by atoms with Gasteiger partial charge in [-0.15, -0.1) is 0 Å². The monoisotopic (exact) mass is 301 g/mol. The van der Waals surface area contributed by atoms with Gasteiger partial charge in [0, 0.05) is 0 Å². The summed E-state index contributed by atoms with van der Waals surface area (Å²) in [5.41, 5.74) is -0.696. The number of likely N-dealkylation sites (tertiary alicyclic amines) is 1. The van der Waals surface area contributed by atoms with Gasteiger partial charge in [-0.2, -0.15) is 0 Å². The van der Waals surface area contributed by atoms with Gasteiger partial charge in [-0.25, -0.2) is 9.59 Å². The standard InChI is InChI=1S/C12H19N3O6/c1-6-8(14-11(20)21-12(2,3)4)9(18)15(6)10(19)13-5-7(16)17/h6,8H,5H2,1-4H3,(H,13,19)(H,14,20)(H,16,17). The van der Waals surface area contributed by atoms with Crippen LogP contribution in [-0.4, -0.2) is 58.2 Å². The topological polar surface area (TPSA) is 125 Å². The fourth-order valence-electron chi connectivity index (χ4n) is 1.76. The van der Waals surface area contributed by atoms with E-state index in [1.165, 1.54) is 0 Å². The Kier molecular flexibility index (Phi) is 4.77. The van der Waals surface area contributed by atoms with E-state index in [9.17, 15) is 19.2 Å². The number of hydrogen-bond acceptors (Lipinski definition) is 5. The van der Waals surface area contributed by atoms with Crippen molar-refractivity contribution in [2.24, 2.45) is 0 Å². The Hall–Kier alpha value is -2.32. The van der Waals surface area contributed by atoms with Crippen molar-refractivity contribution in [1.29, 1.82) is 0 Å². The zero-order chi connectivity index (χ0) is 16.4. The number of nitrogens with one attached hydrogen (secondary N) is 2. The molecule has 0 radical (unpaired) electrons. The van der Waals surface area contributed by atoms with Crippen LogP contribution in [0.2, 0.25) is 0 Å². The van der Waals surface area contributed by atoms with Gasteiger partial charge < -0.3 is 20.5 Å². The van der Waals surface area contributed by atoms with E-state index in [2.05, 4.69) is 10.6 Å². The summed E-state index contributed by atoms with van der Waals surface area (Å²) in [4.78, 5) is 46.2. The number of amides is 4. The lowest BCUT2D eigenvalue weighted by Crippen LogP contribution is -2.72. The highest BCUT2D eigenvalue weighted by Crippen LogP contribution is 2.20. The summed E-state index contributed by atoms with van der Waals surface area (Å²) in [6.07, 6.45) is -0.752. The highest BCUT2D eigenvalue weighted by Gasteiger charge is 2.49. The second kappa shape index (κ2) is 5.98. The van der Waals surface area contributed by atoms with Crippen molar-refractivity contribution in [1.82, 2.24) is 15.5 Å². The van der Waals surface area contributed by atoms with Crippen molar-refractivity contribution in [3.8, 4) is 0 Å². The largest absolute Gasteiger partial charge is 0.480 e. The first-order valence-electron chi connectivity index (χ1n) is 6.35. The molecule has 1 heterocycles. The Balaban J connectivity index is 2.52. The molecule has 0 aromatic heterocycles. The van der Waals surface area contributed by atoms with Gasteiger partial charge in [-0.05, 0) is 27.7 Å². The van der Waals surface area contributed by atoms with Crippen LogP contribution in [0.3, 0.4) is 0 Å². The highest BCUT2D eigenvalue weighted by atomic mass is 16.6. The lowest BCUT2D eigenvalue weighted by molar-refractivity contribution is -0.145. The molecule has 21 heavy (non-hydrogen) atoms. The number of β-lactam (4-membered cyclic amide) rings is 1. The molecule has 1 fully saturated rings. The molecule has 118 valence electrons. The van der Waals surface area contributed by atoms with Crippen molar-refractivity contribution in [3.63, 3.8) is 0 Å². The van der Waals surface area contributed by atoms with Crippen molar-refractivity contribution in [2.75, 3.05) is 6.54 Å². The Morgan fingerprint density at radius 3 is 2.33 bits per heavy atom. The van der Waals surface area contributed by atoms with Gasteiger partial charge in [0.2, 0.25) is 0 Å². The number of carbonyl (C=O) groups is 4. The minimum absolute atomic E-state index is 0.584. The molecule has 0 aliphatic carbocycles. The van der Waals surface area contributed by atoms with Crippen molar-refractivity contribution in [3.05, 3.63) is 0 Å². The molecule has 2 unspecified atom stereocenters. The second-order valence-corrected chi connectivity index (χ2v) is 5.63. The maximum Gasteiger partial charge on any atom is 0.408 e. The number of carbonyl (C=O) groups excluding carboxylic acids is 3. The highest BCUT2D eigenvalue weighted by molar-refractivity contribution is 6.04. The van der Waals surface area contributed by atoms with Crippen LogP contribution in [-0.2, 0) is 14.3 Å². The number of carboxylic acid groups (broad SMARTS) is 1. The van der Waals surface area contributed by atoms with E-state index in [1.807, 2.05) is 0 Å². The second-order valence-electron chi connectivity index (χ2n) is 5.63. The first-order chi connectivity index (χ1) is 9.53. The molecule has 1 rings (SSSR count). The zero-order valence-electron chi connectivity index (χ0n) is 12.3. The van der Waals surface area contributed by atoms with Gasteiger partial charge in [0.1, 0.15) is 18.2 Å². The van der Waals surface area contributed by atoms with E-state index in [0.29, 0.717) is 0 Å². The molecule has 1 saturated heterocycles. The lowest BCUT2D eigenvalue weighted by atomic mass is 9.97.